The molecular weight excluding hydrogens is 259 g/mol. The fraction of sp³-hybridized carbons (Fsp3) is 0.273. The van der Waals surface area contributed by atoms with E-state index in [1.165, 1.54) is 19.2 Å². The highest BCUT2D eigenvalue weighted by molar-refractivity contribution is 5.92. The number of aliphatic hydroxyl groups is 1. The fourth-order valence-electron chi connectivity index (χ4n) is 1.25. The number of carboxylic acid groups (broad SMARTS) is 1. The molecule has 0 saturated heterocycles. The summed E-state index contributed by atoms with van der Waals surface area (Å²) in [5.41, 5.74) is 0.220. The van der Waals surface area contributed by atoms with Crippen molar-refractivity contribution in [2.45, 2.75) is 6.04 Å². The first-order valence-corrected chi connectivity index (χ1v) is 5.22. The Balaban J connectivity index is 2.69. The lowest BCUT2D eigenvalue weighted by atomic mass is 10.3. The predicted molar refractivity (Wildman–Crippen MR) is 63.6 cm³/mol. The van der Waals surface area contributed by atoms with Crippen molar-refractivity contribution >= 4 is 17.7 Å². The molecule has 8 heteroatoms. The Bertz CT molecular complexity index is 480. The largest absolute Gasteiger partial charge is 0.494 e. The molecule has 1 rings (SSSR count). The molecule has 1 atom stereocenters. The minimum Gasteiger partial charge on any atom is -0.494 e. The third-order valence-electron chi connectivity index (χ3n) is 2.19. The number of halogens is 1. The third kappa shape index (κ3) is 4.11. The van der Waals surface area contributed by atoms with E-state index in [4.69, 9.17) is 14.9 Å². The molecule has 1 unspecified atom stereocenters. The zero-order valence-electron chi connectivity index (χ0n) is 10.0. The highest BCUT2D eigenvalue weighted by atomic mass is 19.1. The average Bonchev–Trinajstić information content (AvgIpc) is 2.37. The number of urea groups is 1. The van der Waals surface area contributed by atoms with Gasteiger partial charge < -0.3 is 25.6 Å². The number of rotatable bonds is 5. The van der Waals surface area contributed by atoms with E-state index in [2.05, 4.69) is 5.32 Å². The van der Waals surface area contributed by atoms with Crippen molar-refractivity contribution < 1.29 is 28.9 Å². The van der Waals surface area contributed by atoms with Gasteiger partial charge >= 0.3 is 12.0 Å². The molecule has 0 radical (unpaired) electrons. The minimum atomic E-state index is -1.41. The molecule has 0 fully saturated rings. The van der Waals surface area contributed by atoms with Crippen LogP contribution in [0.4, 0.5) is 14.9 Å². The van der Waals surface area contributed by atoms with Crippen LogP contribution in [-0.2, 0) is 4.79 Å². The number of hydrogen-bond donors (Lipinski definition) is 4. The standard InChI is InChI=1S/C11H13FN2O5/c1-19-9-4-6(2-3-7(9)12)13-11(18)14-8(5-15)10(16)17/h2-4,8,15H,5H2,1H3,(H,16,17)(H2,13,14,18). The van der Waals surface area contributed by atoms with Crippen molar-refractivity contribution in [2.75, 3.05) is 19.0 Å². The van der Waals surface area contributed by atoms with Gasteiger partial charge in [0.1, 0.15) is 0 Å². The summed E-state index contributed by atoms with van der Waals surface area (Å²) in [6.45, 7) is -0.741. The van der Waals surface area contributed by atoms with Crippen LogP contribution in [0.2, 0.25) is 0 Å². The van der Waals surface area contributed by atoms with Gasteiger partial charge in [-0.2, -0.15) is 0 Å². The highest BCUT2D eigenvalue weighted by Gasteiger charge is 2.18. The number of benzene rings is 1. The fourth-order valence-corrected chi connectivity index (χ4v) is 1.25. The summed E-state index contributed by atoms with van der Waals surface area (Å²) in [7, 11) is 1.27. The first kappa shape index (κ1) is 14.7. The Hall–Kier alpha value is -2.35. The van der Waals surface area contributed by atoms with Gasteiger partial charge in [0.2, 0.25) is 0 Å². The molecule has 0 aliphatic carbocycles. The normalized spacial score (nSPS) is 11.5. The number of aliphatic hydroxyl groups excluding tert-OH is 1. The van der Waals surface area contributed by atoms with Gasteiger partial charge in [0, 0.05) is 11.8 Å². The van der Waals surface area contributed by atoms with Gasteiger partial charge in [-0.3, -0.25) is 0 Å². The lowest BCUT2D eigenvalue weighted by Crippen LogP contribution is -2.45. The molecule has 1 aromatic carbocycles. The molecule has 0 aliphatic rings. The van der Waals surface area contributed by atoms with Crippen LogP contribution in [0.15, 0.2) is 18.2 Å². The van der Waals surface area contributed by atoms with Crippen LogP contribution in [0.5, 0.6) is 5.75 Å². The number of hydrogen-bond acceptors (Lipinski definition) is 4. The molecule has 0 saturated carbocycles. The van der Waals surface area contributed by atoms with Crippen LogP contribution in [0.25, 0.3) is 0 Å². The number of carboxylic acids is 1. The molecule has 19 heavy (non-hydrogen) atoms. The van der Waals surface area contributed by atoms with Crippen LogP contribution in [-0.4, -0.2) is 42.0 Å². The van der Waals surface area contributed by atoms with E-state index in [1.54, 1.807) is 0 Å². The number of nitrogens with one attached hydrogen (secondary N) is 2. The molecule has 0 heterocycles. The molecule has 1 aromatic rings. The first-order valence-electron chi connectivity index (χ1n) is 5.22. The lowest BCUT2D eigenvalue weighted by Gasteiger charge is -2.13. The average molecular weight is 272 g/mol. The number of ether oxygens (including phenoxy) is 1. The van der Waals surface area contributed by atoms with Crippen LogP contribution in [0, 0.1) is 5.82 Å². The molecule has 0 bridgehead atoms. The summed E-state index contributed by atoms with van der Waals surface area (Å²) in [5.74, 6) is -2.02. The van der Waals surface area contributed by atoms with E-state index in [0.29, 0.717) is 0 Å². The first-order chi connectivity index (χ1) is 8.97. The maximum absolute atomic E-state index is 13.1. The predicted octanol–water partition coefficient (Wildman–Crippen LogP) is 0.401. The van der Waals surface area contributed by atoms with Crippen LogP contribution < -0.4 is 15.4 Å². The van der Waals surface area contributed by atoms with Gasteiger partial charge in [0.15, 0.2) is 17.6 Å². The smallest absolute Gasteiger partial charge is 0.328 e. The van der Waals surface area contributed by atoms with E-state index in [-0.39, 0.29) is 11.4 Å². The van der Waals surface area contributed by atoms with Crippen molar-refractivity contribution in [3.05, 3.63) is 24.0 Å². The van der Waals surface area contributed by atoms with Crippen molar-refractivity contribution in [1.29, 1.82) is 0 Å². The number of aliphatic carboxylic acids is 1. The van der Waals surface area contributed by atoms with E-state index < -0.39 is 30.5 Å². The molecule has 0 aliphatic heterocycles. The summed E-state index contributed by atoms with van der Waals surface area (Å²) in [4.78, 5) is 22.0. The molecule has 0 spiro atoms. The monoisotopic (exact) mass is 272 g/mol. The van der Waals surface area contributed by atoms with Gasteiger partial charge in [-0.25, -0.2) is 14.0 Å². The van der Waals surface area contributed by atoms with Gasteiger partial charge in [0.05, 0.1) is 13.7 Å². The Morgan fingerprint density at radius 1 is 1.47 bits per heavy atom. The van der Waals surface area contributed by atoms with Crippen molar-refractivity contribution in [3.8, 4) is 5.75 Å². The van der Waals surface area contributed by atoms with Crippen LogP contribution >= 0.6 is 0 Å². The van der Waals surface area contributed by atoms with Crippen LogP contribution in [0.3, 0.4) is 0 Å². The second kappa shape index (κ2) is 6.55. The van der Waals surface area contributed by atoms with E-state index in [0.717, 1.165) is 6.07 Å². The Kier molecular flexibility index (Phi) is 5.07. The maximum atomic E-state index is 13.1. The second-order valence-electron chi connectivity index (χ2n) is 3.52. The van der Waals surface area contributed by atoms with Gasteiger partial charge in [-0.15, -0.1) is 0 Å². The number of amides is 2. The molecular formula is C11H13FN2O5. The van der Waals surface area contributed by atoms with Gasteiger partial charge in [0.25, 0.3) is 0 Å². The number of carbonyl (C=O) groups is 2. The topological polar surface area (TPSA) is 108 Å². The quantitative estimate of drug-likeness (QED) is 0.620. The number of carbonyl (C=O) groups excluding carboxylic acids is 1. The molecule has 104 valence electrons. The Labute approximate surface area is 108 Å². The zero-order chi connectivity index (χ0) is 14.4. The van der Waals surface area contributed by atoms with Gasteiger partial charge in [-0.1, -0.05) is 0 Å². The summed E-state index contributed by atoms with van der Waals surface area (Å²) < 4.78 is 17.8. The van der Waals surface area contributed by atoms with Gasteiger partial charge in [-0.05, 0) is 12.1 Å². The minimum absolute atomic E-state index is 0.0604. The molecule has 7 nitrogen and oxygen atoms in total. The van der Waals surface area contributed by atoms with Crippen LogP contribution in [0.1, 0.15) is 0 Å². The summed E-state index contributed by atoms with van der Waals surface area (Å²) in [6.07, 6.45) is 0. The molecule has 2 amide bonds. The molecule has 4 N–H and O–H groups in total. The summed E-state index contributed by atoms with van der Waals surface area (Å²) in [6, 6.07) is 1.36. The highest BCUT2D eigenvalue weighted by Crippen LogP contribution is 2.21. The summed E-state index contributed by atoms with van der Waals surface area (Å²) >= 11 is 0. The Morgan fingerprint density at radius 3 is 2.68 bits per heavy atom. The molecule has 0 aromatic heterocycles. The number of methoxy groups -OCH3 is 1. The lowest BCUT2D eigenvalue weighted by molar-refractivity contribution is -0.140. The SMILES string of the molecule is COc1cc(NC(=O)NC(CO)C(=O)O)ccc1F. The van der Waals surface area contributed by atoms with E-state index in [9.17, 15) is 14.0 Å². The van der Waals surface area contributed by atoms with Crippen molar-refractivity contribution in [2.24, 2.45) is 0 Å². The number of anilines is 1. The van der Waals surface area contributed by atoms with Crippen molar-refractivity contribution in [3.63, 3.8) is 0 Å². The third-order valence-corrected chi connectivity index (χ3v) is 2.19. The maximum Gasteiger partial charge on any atom is 0.328 e. The Morgan fingerprint density at radius 2 is 2.16 bits per heavy atom. The second-order valence-corrected chi connectivity index (χ2v) is 3.52. The van der Waals surface area contributed by atoms with Crippen molar-refractivity contribution in [1.82, 2.24) is 5.32 Å². The van der Waals surface area contributed by atoms with E-state index in [1.807, 2.05) is 5.32 Å². The van der Waals surface area contributed by atoms with E-state index >= 15 is 0 Å². The zero-order valence-corrected chi connectivity index (χ0v) is 10.0. The summed E-state index contributed by atoms with van der Waals surface area (Å²) in [5, 5.41) is 21.7.